The van der Waals surface area contributed by atoms with Gasteiger partial charge in [0, 0.05) is 5.56 Å². The molecule has 2 unspecified atom stereocenters. The smallest absolute Gasteiger partial charge is 0.248 e. The van der Waals surface area contributed by atoms with Crippen molar-refractivity contribution in [2.75, 3.05) is 5.73 Å². The largest absolute Gasteiger partial charge is 0.488 e. The lowest BCUT2D eigenvalue weighted by atomic mass is 9.71. The number of nitrogens with two attached hydrogens (primary N) is 2. The predicted octanol–water partition coefficient (Wildman–Crippen LogP) is 2.96. The van der Waals surface area contributed by atoms with Crippen LogP contribution < -0.4 is 16.2 Å². The summed E-state index contributed by atoms with van der Waals surface area (Å²) in [5, 5.41) is 0. The lowest BCUT2D eigenvalue weighted by molar-refractivity contribution is 0.0567. The second-order valence-corrected chi connectivity index (χ2v) is 6.77. The van der Waals surface area contributed by atoms with Crippen LogP contribution in [-0.2, 0) is 0 Å². The summed E-state index contributed by atoms with van der Waals surface area (Å²) >= 11 is 0. The van der Waals surface area contributed by atoms with Gasteiger partial charge in [0.25, 0.3) is 0 Å². The van der Waals surface area contributed by atoms with E-state index in [4.69, 9.17) is 16.2 Å². The van der Waals surface area contributed by atoms with Gasteiger partial charge in [-0.3, -0.25) is 4.79 Å². The van der Waals surface area contributed by atoms with Crippen LogP contribution in [0.4, 0.5) is 5.69 Å². The number of carbonyl (C=O) groups excluding carboxylic acids is 1. The zero-order valence-corrected chi connectivity index (χ0v) is 12.5. The van der Waals surface area contributed by atoms with Crippen LogP contribution >= 0.6 is 0 Å². The third-order valence-electron chi connectivity index (χ3n) is 3.93. The summed E-state index contributed by atoms with van der Waals surface area (Å²) in [5.74, 6) is 0.815. The zero-order valence-electron chi connectivity index (χ0n) is 12.5. The predicted molar refractivity (Wildman–Crippen MR) is 80.6 cm³/mol. The summed E-state index contributed by atoms with van der Waals surface area (Å²) in [6, 6.07) is 4.97. The van der Waals surface area contributed by atoms with Crippen LogP contribution in [0.5, 0.6) is 5.75 Å². The highest BCUT2D eigenvalue weighted by molar-refractivity contribution is 5.94. The summed E-state index contributed by atoms with van der Waals surface area (Å²) in [6.07, 6.45) is 3.47. The molecule has 1 aliphatic carbocycles. The van der Waals surface area contributed by atoms with Gasteiger partial charge in [0.2, 0.25) is 5.91 Å². The number of ether oxygens (including phenoxy) is 1. The second-order valence-electron chi connectivity index (χ2n) is 6.77. The number of primary amides is 1. The van der Waals surface area contributed by atoms with E-state index in [9.17, 15) is 4.79 Å². The molecule has 1 amide bonds. The lowest BCUT2D eigenvalue weighted by Crippen LogP contribution is -2.34. The van der Waals surface area contributed by atoms with Gasteiger partial charge in [-0.15, -0.1) is 0 Å². The number of hydrogen-bond donors (Lipinski definition) is 2. The Morgan fingerprint density at radius 3 is 2.60 bits per heavy atom. The number of benzene rings is 1. The first-order chi connectivity index (χ1) is 9.27. The molecule has 2 atom stereocenters. The first-order valence-electron chi connectivity index (χ1n) is 7.13. The molecule has 4 N–H and O–H groups in total. The Morgan fingerprint density at radius 1 is 1.35 bits per heavy atom. The van der Waals surface area contributed by atoms with E-state index in [0.29, 0.717) is 28.3 Å². The van der Waals surface area contributed by atoms with Crippen molar-refractivity contribution >= 4 is 11.6 Å². The first kappa shape index (κ1) is 14.7. The zero-order chi connectivity index (χ0) is 14.9. The number of hydrogen-bond acceptors (Lipinski definition) is 3. The minimum atomic E-state index is -0.476. The molecule has 4 nitrogen and oxygen atoms in total. The van der Waals surface area contributed by atoms with Gasteiger partial charge in [0.15, 0.2) is 0 Å². The minimum Gasteiger partial charge on any atom is -0.488 e. The van der Waals surface area contributed by atoms with Crippen molar-refractivity contribution in [3.63, 3.8) is 0 Å². The third-order valence-corrected chi connectivity index (χ3v) is 3.93. The van der Waals surface area contributed by atoms with Crippen molar-refractivity contribution in [2.24, 2.45) is 17.1 Å². The molecule has 0 spiro atoms. The molecular formula is C16H24N2O2. The fourth-order valence-electron chi connectivity index (χ4n) is 3.34. The van der Waals surface area contributed by atoms with E-state index >= 15 is 0 Å². The van der Waals surface area contributed by atoms with E-state index in [1.165, 1.54) is 6.42 Å². The van der Waals surface area contributed by atoms with Gasteiger partial charge in [-0.05, 0) is 48.8 Å². The van der Waals surface area contributed by atoms with Crippen LogP contribution in [0, 0.1) is 11.3 Å². The number of nitrogen functional groups attached to an aromatic ring is 1. The molecule has 0 aromatic heterocycles. The molecule has 2 rings (SSSR count). The summed E-state index contributed by atoms with van der Waals surface area (Å²) in [6.45, 7) is 6.81. The van der Waals surface area contributed by atoms with Crippen LogP contribution in [0.1, 0.15) is 50.4 Å². The molecule has 1 aromatic carbocycles. The van der Waals surface area contributed by atoms with Crippen molar-refractivity contribution in [1.29, 1.82) is 0 Å². The Kier molecular flexibility index (Phi) is 3.93. The maximum Gasteiger partial charge on any atom is 0.248 e. The van der Waals surface area contributed by atoms with Crippen LogP contribution in [0.2, 0.25) is 0 Å². The average Bonchev–Trinajstić information content (AvgIpc) is 2.28. The number of carbonyl (C=O) groups is 1. The quantitative estimate of drug-likeness (QED) is 0.833. The fraction of sp³-hybridized carbons (Fsp3) is 0.562. The maximum absolute atomic E-state index is 11.1. The van der Waals surface area contributed by atoms with Crippen molar-refractivity contribution in [3.05, 3.63) is 23.8 Å². The number of rotatable bonds is 3. The van der Waals surface area contributed by atoms with E-state index in [0.717, 1.165) is 12.8 Å². The molecular weight excluding hydrogens is 252 g/mol. The SMILES string of the molecule is CC1CC(Oc2ccc(C(N)=O)cc2N)CC(C)(C)C1. The van der Waals surface area contributed by atoms with Crippen LogP contribution in [-0.4, -0.2) is 12.0 Å². The summed E-state index contributed by atoms with van der Waals surface area (Å²) in [4.78, 5) is 11.1. The van der Waals surface area contributed by atoms with E-state index in [1.54, 1.807) is 18.2 Å². The van der Waals surface area contributed by atoms with E-state index in [1.807, 2.05) is 0 Å². The molecule has 1 aliphatic rings. The lowest BCUT2D eigenvalue weighted by Gasteiger charge is -2.39. The van der Waals surface area contributed by atoms with Crippen molar-refractivity contribution in [1.82, 2.24) is 0 Å². The third kappa shape index (κ3) is 3.44. The highest BCUT2D eigenvalue weighted by atomic mass is 16.5. The molecule has 0 aliphatic heterocycles. The highest BCUT2D eigenvalue weighted by Crippen LogP contribution is 2.40. The molecule has 0 radical (unpaired) electrons. The van der Waals surface area contributed by atoms with Gasteiger partial charge in [-0.25, -0.2) is 0 Å². The van der Waals surface area contributed by atoms with Gasteiger partial charge in [-0.1, -0.05) is 20.8 Å². The molecule has 1 saturated carbocycles. The Hall–Kier alpha value is -1.71. The van der Waals surface area contributed by atoms with Gasteiger partial charge in [0.05, 0.1) is 11.8 Å². The van der Waals surface area contributed by atoms with Crippen molar-refractivity contribution in [3.8, 4) is 5.75 Å². The monoisotopic (exact) mass is 276 g/mol. The Labute approximate surface area is 120 Å². The van der Waals surface area contributed by atoms with Gasteiger partial charge >= 0.3 is 0 Å². The normalized spacial score (nSPS) is 25.1. The summed E-state index contributed by atoms with van der Waals surface area (Å²) in [5.41, 5.74) is 12.4. The molecule has 110 valence electrons. The maximum atomic E-state index is 11.1. The molecule has 0 bridgehead atoms. The van der Waals surface area contributed by atoms with Gasteiger partial charge < -0.3 is 16.2 Å². The highest BCUT2D eigenvalue weighted by Gasteiger charge is 2.33. The standard InChI is InChI=1S/C16H24N2O2/c1-10-6-12(9-16(2,3)8-10)20-14-5-4-11(15(18)19)7-13(14)17/h4-5,7,10,12H,6,8-9,17H2,1-3H3,(H2,18,19). The molecule has 0 heterocycles. The number of amides is 1. The fourth-order valence-corrected chi connectivity index (χ4v) is 3.34. The van der Waals surface area contributed by atoms with Crippen molar-refractivity contribution in [2.45, 2.75) is 46.1 Å². The van der Waals surface area contributed by atoms with E-state index in [-0.39, 0.29) is 6.10 Å². The van der Waals surface area contributed by atoms with Crippen LogP contribution in [0.3, 0.4) is 0 Å². The second kappa shape index (κ2) is 5.35. The summed E-state index contributed by atoms with van der Waals surface area (Å²) in [7, 11) is 0. The molecule has 20 heavy (non-hydrogen) atoms. The summed E-state index contributed by atoms with van der Waals surface area (Å²) < 4.78 is 6.05. The van der Waals surface area contributed by atoms with E-state index < -0.39 is 5.91 Å². The number of anilines is 1. The molecule has 4 heteroatoms. The molecule has 1 aromatic rings. The Balaban J connectivity index is 2.12. The van der Waals surface area contributed by atoms with E-state index in [2.05, 4.69) is 20.8 Å². The van der Waals surface area contributed by atoms with Crippen LogP contribution in [0.15, 0.2) is 18.2 Å². The first-order valence-corrected chi connectivity index (χ1v) is 7.13. The van der Waals surface area contributed by atoms with Gasteiger partial charge in [-0.2, -0.15) is 0 Å². The van der Waals surface area contributed by atoms with Crippen molar-refractivity contribution < 1.29 is 9.53 Å². The molecule has 0 saturated heterocycles. The molecule has 1 fully saturated rings. The Bertz CT molecular complexity index is 511. The van der Waals surface area contributed by atoms with Gasteiger partial charge in [0.1, 0.15) is 5.75 Å². The Morgan fingerprint density at radius 2 is 2.05 bits per heavy atom. The minimum absolute atomic E-state index is 0.176. The average molecular weight is 276 g/mol. The van der Waals surface area contributed by atoms with Crippen LogP contribution in [0.25, 0.3) is 0 Å². The topological polar surface area (TPSA) is 78.3 Å².